The van der Waals surface area contributed by atoms with Crippen molar-refractivity contribution in [1.82, 2.24) is 62.7 Å². The molecule has 6 aromatic rings. The lowest BCUT2D eigenvalue weighted by Gasteiger charge is -2.32. The number of rotatable bonds is 18. The van der Waals surface area contributed by atoms with Crippen LogP contribution in [0.3, 0.4) is 0 Å². The maximum Gasteiger partial charge on any atom is 0.305 e. The monoisotopic (exact) mass is 1330 g/mol. The number of aromatic amines is 2. The van der Waals surface area contributed by atoms with Gasteiger partial charge in [-0.1, -0.05) is 107 Å². The summed E-state index contributed by atoms with van der Waals surface area (Å²) in [5.74, 6) is -13.2. The van der Waals surface area contributed by atoms with Gasteiger partial charge in [0.25, 0.3) is 0 Å². The summed E-state index contributed by atoms with van der Waals surface area (Å²) in [7, 11) is 0. The van der Waals surface area contributed by atoms with Crippen LogP contribution in [0.1, 0.15) is 94.9 Å². The lowest BCUT2D eigenvalue weighted by atomic mass is 9.98. The highest BCUT2D eigenvalue weighted by atomic mass is 16.4. The summed E-state index contributed by atoms with van der Waals surface area (Å²) in [6, 6.07) is 13.0. The van der Waals surface area contributed by atoms with E-state index in [1.807, 2.05) is 0 Å². The van der Waals surface area contributed by atoms with E-state index in [4.69, 9.17) is 11.5 Å². The molecule has 0 saturated carbocycles. The van der Waals surface area contributed by atoms with Gasteiger partial charge in [0.15, 0.2) is 0 Å². The third kappa shape index (κ3) is 19.7. The highest BCUT2D eigenvalue weighted by molar-refractivity contribution is 6.01. The predicted octanol–water partition coefficient (Wildman–Crippen LogP) is 0.784. The van der Waals surface area contributed by atoms with Crippen molar-refractivity contribution < 1.29 is 67.7 Å². The number of H-pyrrole nitrogens is 2. The Kier molecular flexibility index (Phi) is 25.0. The van der Waals surface area contributed by atoms with Gasteiger partial charge in [0.2, 0.25) is 65.0 Å². The Bertz CT molecular complexity index is 3840. The van der Waals surface area contributed by atoms with E-state index in [2.05, 4.69) is 57.8 Å². The zero-order chi connectivity index (χ0) is 70.0. The first kappa shape index (κ1) is 72.2. The number of carbonyl (C=O) groups excluding carboxylic acids is 11. The number of carboxylic acid groups (broad SMARTS) is 1. The fourth-order valence-electron chi connectivity index (χ4n) is 12.1. The van der Waals surface area contributed by atoms with Crippen LogP contribution in [0.25, 0.3) is 21.8 Å². The van der Waals surface area contributed by atoms with Crippen LogP contribution in [-0.4, -0.2) is 170 Å². The zero-order valence-corrected chi connectivity index (χ0v) is 54.5. The molecule has 4 heterocycles. The fraction of sp³-hybridized carbons (Fsp3) is 0.420. The number of para-hydroxylation sites is 2. The molecular formula is C69H86N14O14. The number of phenols is 1. The molecule has 0 unspecified atom stereocenters. The number of nitrogens with zero attached hydrogens (tertiary/aromatic N) is 1. The van der Waals surface area contributed by atoms with Crippen molar-refractivity contribution in [3.05, 3.63) is 138 Å². The summed E-state index contributed by atoms with van der Waals surface area (Å²) >= 11 is 0. The molecule has 2 aromatic heterocycles. The number of primary amides is 1. The zero-order valence-electron chi connectivity index (χ0n) is 54.5. The summed E-state index contributed by atoms with van der Waals surface area (Å²) in [5, 5.41) is 45.7. The smallest absolute Gasteiger partial charge is 0.305 e. The highest BCUT2D eigenvalue weighted by Gasteiger charge is 2.42. The summed E-state index contributed by atoms with van der Waals surface area (Å²) < 4.78 is 0. The number of hydrogen-bond acceptors (Lipinski definition) is 14. The predicted molar refractivity (Wildman–Crippen MR) is 357 cm³/mol. The maximum atomic E-state index is 15.3. The number of carbonyl (C=O) groups is 12. The van der Waals surface area contributed by atoms with Crippen molar-refractivity contribution in [3.63, 3.8) is 0 Å². The number of aromatic hydroxyl groups is 1. The lowest BCUT2D eigenvalue weighted by Crippen LogP contribution is -2.62. The molecule has 97 heavy (non-hydrogen) atoms. The van der Waals surface area contributed by atoms with Gasteiger partial charge >= 0.3 is 5.97 Å². The molecule has 28 nitrogen and oxygen atoms in total. The molecule has 2 aliphatic rings. The number of aromatic nitrogens is 2. The van der Waals surface area contributed by atoms with Crippen molar-refractivity contribution in [2.45, 2.75) is 159 Å². The van der Waals surface area contributed by atoms with Crippen LogP contribution < -0.4 is 59.3 Å². The molecule has 0 spiro atoms. The first-order valence-corrected chi connectivity index (χ1v) is 32.5. The van der Waals surface area contributed by atoms with Gasteiger partial charge in [0, 0.05) is 66.4 Å². The van der Waals surface area contributed by atoms with Crippen LogP contribution in [0.5, 0.6) is 5.75 Å². The standard InChI is InChI=1S/C69H86N14O14/c1-37(2)28-49-61(89)81-55(30-40-22-24-43(84)25-23-40)69(97)83-27-13-21-56(83)67(95)80-51(31-41-35-72-46-18-10-8-16-44(41)46)63(91)76-50(29-39-14-6-5-7-15-39)62(90)78-53(33-57(71)85)64(92)79-54(34-58(86)87)65(93)77-52(32-42-36-73-47-19-11-9-17-45(42)47)66(94)82-59(38(3)4)68(96)74-48(20-12-26-70)60(88)75-49/h5-11,14-19,22-25,35-38,48-56,59,72-73,84H,12-13,20-21,26-34,70H2,1-4H3,(H2,71,85)(H,74,96)(H,75,88)(H,76,91)(H,77,93)(H,78,90)(H,79,92)(H,80,95)(H,81,89)(H,82,94)(H,86,87)/t48-,49-,50-,51-,52-,53-,54+,55+,56-,59-/m0/s1. The van der Waals surface area contributed by atoms with E-state index in [1.54, 1.807) is 131 Å². The number of benzene rings is 4. The number of amides is 11. The minimum Gasteiger partial charge on any atom is -0.508 e. The van der Waals surface area contributed by atoms with Crippen molar-refractivity contribution in [1.29, 1.82) is 0 Å². The first-order valence-electron chi connectivity index (χ1n) is 32.5. The van der Waals surface area contributed by atoms with Crippen molar-refractivity contribution in [2.75, 3.05) is 13.1 Å². The van der Waals surface area contributed by atoms with Crippen LogP contribution in [0, 0.1) is 11.8 Å². The highest BCUT2D eigenvalue weighted by Crippen LogP contribution is 2.25. The fourth-order valence-corrected chi connectivity index (χ4v) is 12.1. The van der Waals surface area contributed by atoms with Crippen LogP contribution in [0.4, 0.5) is 0 Å². The van der Waals surface area contributed by atoms with Gasteiger partial charge in [-0.3, -0.25) is 57.5 Å². The number of fused-ring (bicyclic) bond motifs is 3. The van der Waals surface area contributed by atoms with Gasteiger partial charge in [-0.05, 0) is 97.0 Å². The van der Waals surface area contributed by atoms with E-state index in [9.17, 15) is 53.4 Å². The number of hydrogen-bond donors (Lipinski definition) is 15. The Hall–Kier alpha value is -10.6. The third-order valence-electron chi connectivity index (χ3n) is 17.2. The molecule has 28 heteroatoms. The quantitative estimate of drug-likeness (QED) is 0.0566. The van der Waals surface area contributed by atoms with Gasteiger partial charge in [0.05, 0.1) is 12.8 Å². The average Bonchev–Trinajstić information content (AvgIpc) is 1.77. The summed E-state index contributed by atoms with van der Waals surface area (Å²) in [6.45, 7) is 6.92. The minimum atomic E-state index is -2.02. The Morgan fingerprint density at radius 1 is 0.505 bits per heavy atom. The van der Waals surface area contributed by atoms with Crippen molar-refractivity contribution in [3.8, 4) is 5.75 Å². The Labute approximate surface area is 559 Å². The molecule has 0 radical (unpaired) electrons. The molecule has 0 aliphatic carbocycles. The molecule has 4 aromatic carbocycles. The summed E-state index contributed by atoms with van der Waals surface area (Å²) in [5.41, 5.74) is 15.0. The number of nitrogens with one attached hydrogen (secondary N) is 11. The third-order valence-corrected chi connectivity index (χ3v) is 17.2. The van der Waals surface area contributed by atoms with E-state index >= 15 is 14.4 Å². The van der Waals surface area contributed by atoms with Gasteiger partial charge in [0.1, 0.15) is 66.2 Å². The molecule has 11 amide bonds. The average molecular weight is 1340 g/mol. The molecule has 2 aliphatic heterocycles. The molecule has 0 bridgehead atoms. The maximum absolute atomic E-state index is 15.3. The van der Waals surface area contributed by atoms with Gasteiger partial charge in [-0.15, -0.1) is 0 Å². The Morgan fingerprint density at radius 2 is 0.948 bits per heavy atom. The van der Waals surface area contributed by atoms with Crippen molar-refractivity contribution in [2.24, 2.45) is 23.3 Å². The summed E-state index contributed by atoms with van der Waals surface area (Å²) in [4.78, 5) is 182. The molecule has 2 fully saturated rings. The molecule has 516 valence electrons. The second-order valence-electron chi connectivity index (χ2n) is 25.4. The second kappa shape index (κ2) is 33.7. The Morgan fingerprint density at radius 3 is 1.49 bits per heavy atom. The van der Waals surface area contributed by atoms with Gasteiger partial charge in [-0.2, -0.15) is 0 Å². The molecular weight excluding hydrogens is 1250 g/mol. The number of phenolic OH excluding ortho intramolecular Hbond substituents is 1. The van der Waals surface area contributed by atoms with E-state index < -0.39 is 150 Å². The Balaban J connectivity index is 1.22. The van der Waals surface area contributed by atoms with Gasteiger partial charge < -0.3 is 84.4 Å². The number of aliphatic carboxylic acids is 1. The summed E-state index contributed by atoms with van der Waals surface area (Å²) in [6.07, 6.45) is 0.885. The second-order valence-corrected chi connectivity index (χ2v) is 25.4. The van der Waals surface area contributed by atoms with E-state index in [-0.39, 0.29) is 76.1 Å². The molecule has 10 atom stereocenters. The molecule has 8 rings (SSSR count). The van der Waals surface area contributed by atoms with Crippen molar-refractivity contribution >= 4 is 92.8 Å². The first-order chi connectivity index (χ1) is 46.3. The van der Waals surface area contributed by atoms with E-state index in [0.717, 1.165) is 0 Å². The normalized spacial score (nSPS) is 23.5. The SMILES string of the molecule is CC(C)C[C@@H]1NC(=O)[C@H](CCCN)NC(=O)[C@H](C(C)C)NC(=O)[C@H](Cc2c[nH]c3ccccc23)NC(=O)[C@@H](CC(=O)O)NC(=O)[C@H](CC(N)=O)NC(=O)[C@H](Cc2ccccc2)NC(=O)[C@H](Cc2c[nH]c3ccccc23)NC(=O)[C@@H]2CCCN2C(=O)[C@@H](Cc2ccc(O)cc2)NC1=O. The van der Waals surface area contributed by atoms with Crippen LogP contribution in [0.2, 0.25) is 0 Å². The minimum absolute atomic E-state index is 0.0243. The van der Waals surface area contributed by atoms with E-state index in [1.165, 1.54) is 17.0 Å². The topological polar surface area (TPSA) is 440 Å². The molecule has 2 saturated heterocycles. The van der Waals surface area contributed by atoms with Gasteiger partial charge in [-0.25, -0.2) is 0 Å². The largest absolute Gasteiger partial charge is 0.508 e. The van der Waals surface area contributed by atoms with Crippen LogP contribution in [0.15, 0.2) is 116 Å². The van der Waals surface area contributed by atoms with Crippen LogP contribution >= 0.6 is 0 Å². The number of carboxylic acids is 1. The van der Waals surface area contributed by atoms with Crippen LogP contribution in [-0.2, 0) is 83.2 Å². The molecule has 17 N–H and O–H groups in total. The lowest BCUT2D eigenvalue weighted by molar-refractivity contribution is -0.142. The van der Waals surface area contributed by atoms with E-state index in [0.29, 0.717) is 50.5 Å². The number of nitrogens with two attached hydrogens (primary N) is 2.